The van der Waals surface area contributed by atoms with Crippen LogP contribution in [0.4, 0.5) is 0 Å². The van der Waals surface area contributed by atoms with Gasteiger partial charge < -0.3 is 4.42 Å². The summed E-state index contributed by atoms with van der Waals surface area (Å²) in [6.45, 7) is 0. The normalized spacial score (nSPS) is 15.5. The lowest BCUT2D eigenvalue weighted by Crippen LogP contribution is -2.01. The molecule has 0 fully saturated rings. The van der Waals surface area contributed by atoms with Crippen molar-refractivity contribution in [3.05, 3.63) is 46.7 Å². The molecule has 0 unspecified atom stereocenters. The first-order valence-electron chi connectivity index (χ1n) is 6.63. The van der Waals surface area contributed by atoms with Crippen LogP contribution in [0.25, 0.3) is 11.0 Å². The van der Waals surface area contributed by atoms with Crippen molar-refractivity contribution in [2.75, 3.05) is 0 Å². The molecule has 1 aromatic carbocycles. The van der Waals surface area contributed by atoms with E-state index in [-0.39, 0.29) is 5.78 Å². The number of halogens is 1. The number of rotatable bonds is 3. The third kappa shape index (κ3) is 2.59. The predicted molar refractivity (Wildman–Crippen MR) is 76.7 cm³/mol. The van der Waals surface area contributed by atoms with Gasteiger partial charge in [-0.05, 0) is 37.8 Å². The zero-order valence-electron chi connectivity index (χ0n) is 10.6. The number of allylic oxidation sites excluding steroid dienone is 2. The fourth-order valence-electron chi connectivity index (χ4n) is 2.52. The summed E-state index contributed by atoms with van der Waals surface area (Å²) in [6, 6.07) is 7.32. The molecule has 0 N–H and O–H groups in total. The van der Waals surface area contributed by atoms with Crippen LogP contribution >= 0.6 is 11.6 Å². The van der Waals surface area contributed by atoms with Crippen LogP contribution in [-0.2, 0) is 0 Å². The van der Waals surface area contributed by atoms with E-state index in [2.05, 4.69) is 6.08 Å². The second kappa shape index (κ2) is 5.22. The van der Waals surface area contributed by atoms with Crippen molar-refractivity contribution in [1.29, 1.82) is 0 Å². The summed E-state index contributed by atoms with van der Waals surface area (Å²) in [5.41, 5.74) is 1.84. The second-order valence-electron chi connectivity index (χ2n) is 4.98. The van der Waals surface area contributed by atoms with Crippen molar-refractivity contribution in [1.82, 2.24) is 0 Å². The van der Waals surface area contributed by atoms with Gasteiger partial charge in [-0.25, -0.2) is 0 Å². The van der Waals surface area contributed by atoms with Crippen molar-refractivity contribution < 1.29 is 9.21 Å². The van der Waals surface area contributed by atoms with E-state index in [9.17, 15) is 4.79 Å². The molecule has 2 nitrogen and oxygen atoms in total. The Balaban J connectivity index is 1.85. The van der Waals surface area contributed by atoms with Crippen LogP contribution in [0.3, 0.4) is 0 Å². The summed E-state index contributed by atoms with van der Waals surface area (Å²) in [5, 5.41) is 1.43. The zero-order valence-corrected chi connectivity index (χ0v) is 11.4. The SMILES string of the molecule is O=C(CC1=CCCCC1)c1cc2cccc(Cl)c2o1. The Hall–Kier alpha value is -1.54. The monoisotopic (exact) mass is 274 g/mol. The molecule has 1 aliphatic carbocycles. The van der Waals surface area contributed by atoms with Gasteiger partial charge in [0.25, 0.3) is 0 Å². The maximum absolute atomic E-state index is 12.2. The predicted octanol–water partition coefficient (Wildman–Crippen LogP) is 5.16. The molecule has 1 aliphatic rings. The van der Waals surface area contributed by atoms with E-state index >= 15 is 0 Å². The molecule has 0 atom stereocenters. The number of hydrogen-bond acceptors (Lipinski definition) is 2. The van der Waals surface area contributed by atoms with Crippen LogP contribution in [-0.4, -0.2) is 5.78 Å². The maximum atomic E-state index is 12.2. The van der Waals surface area contributed by atoms with Crippen LogP contribution in [0.5, 0.6) is 0 Å². The van der Waals surface area contributed by atoms with Gasteiger partial charge in [-0.15, -0.1) is 0 Å². The molecule has 19 heavy (non-hydrogen) atoms. The molecule has 98 valence electrons. The summed E-state index contributed by atoms with van der Waals surface area (Å²) in [7, 11) is 0. The van der Waals surface area contributed by atoms with E-state index in [1.807, 2.05) is 12.1 Å². The fourth-order valence-corrected chi connectivity index (χ4v) is 2.74. The van der Waals surface area contributed by atoms with Crippen molar-refractivity contribution in [3.63, 3.8) is 0 Å². The van der Waals surface area contributed by atoms with Crippen LogP contribution in [0.15, 0.2) is 40.3 Å². The van der Waals surface area contributed by atoms with Gasteiger partial charge in [0.1, 0.15) is 0 Å². The summed E-state index contributed by atoms with van der Waals surface area (Å²) in [4.78, 5) is 12.2. The summed E-state index contributed by atoms with van der Waals surface area (Å²) in [5.74, 6) is 0.454. The minimum absolute atomic E-state index is 0.0421. The van der Waals surface area contributed by atoms with Crippen molar-refractivity contribution >= 4 is 28.4 Å². The average Bonchev–Trinajstić information content (AvgIpc) is 2.85. The van der Waals surface area contributed by atoms with E-state index < -0.39 is 0 Å². The van der Waals surface area contributed by atoms with Crippen molar-refractivity contribution in [2.45, 2.75) is 32.1 Å². The number of fused-ring (bicyclic) bond motifs is 1. The molecule has 0 amide bonds. The molecule has 3 heteroatoms. The minimum atomic E-state index is 0.0421. The lowest BCUT2D eigenvalue weighted by Gasteiger charge is -2.10. The standard InChI is InChI=1S/C16H15ClO2/c17-13-8-4-7-12-10-15(19-16(12)13)14(18)9-11-5-2-1-3-6-11/h4-5,7-8,10H,1-3,6,9H2. The maximum Gasteiger partial charge on any atom is 0.202 e. The molecule has 3 rings (SSSR count). The molecule has 0 saturated carbocycles. The highest BCUT2D eigenvalue weighted by Gasteiger charge is 2.16. The second-order valence-corrected chi connectivity index (χ2v) is 5.38. The highest BCUT2D eigenvalue weighted by molar-refractivity contribution is 6.34. The largest absolute Gasteiger partial charge is 0.451 e. The van der Waals surface area contributed by atoms with Crippen LogP contribution < -0.4 is 0 Å². The Morgan fingerprint density at radius 2 is 2.21 bits per heavy atom. The Kier molecular flexibility index (Phi) is 3.43. The molecule has 0 aliphatic heterocycles. The Bertz CT molecular complexity index is 652. The molecule has 0 bridgehead atoms. The van der Waals surface area contributed by atoms with E-state index in [1.165, 1.54) is 18.4 Å². The van der Waals surface area contributed by atoms with E-state index in [1.54, 1.807) is 12.1 Å². The lowest BCUT2D eigenvalue weighted by atomic mass is 9.95. The molecule has 2 aromatic rings. The Labute approximate surface area is 117 Å². The average molecular weight is 275 g/mol. The quantitative estimate of drug-likeness (QED) is 0.572. The van der Waals surface area contributed by atoms with Crippen molar-refractivity contribution in [3.8, 4) is 0 Å². The number of para-hydroxylation sites is 1. The first kappa shape index (κ1) is 12.5. The van der Waals surface area contributed by atoms with Crippen LogP contribution in [0, 0.1) is 0 Å². The van der Waals surface area contributed by atoms with E-state index in [0.29, 0.717) is 22.8 Å². The third-order valence-corrected chi connectivity index (χ3v) is 3.84. The van der Waals surface area contributed by atoms with Gasteiger partial charge in [-0.3, -0.25) is 4.79 Å². The molecule has 1 heterocycles. The molecular weight excluding hydrogens is 260 g/mol. The van der Waals surface area contributed by atoms with Crippen LogP contribution in [0.1, 0.15) is 42.7 Å². The molecule has 0 radical (unpaired) electrons. The highest BCUT2D eigenvalue weighted by atomic mass is 35.5. The molecule has 1 aromatic heterocycles. The van der Waals surface area contributed by atoms with Gasteiger partial charge in [0.15, 0.2) is 11.3 Å². The van der Waals surface area contributed by atoms with Gasteiger partial charge in [-0.2, -0.15) is 0 Å². The first-order chi connectivity index (χ1) is 9.24. The minimum Gasteiger partial charge on any atom is -0.451 e. The van der Waals surface area contributed by atoms with Crippen LogP contribution in [0.2, 0.25) is 5.02 Å². The number of benzene rings is 1. The van der Waals surface area contributed by atoms with E-state index in [0.717, 1.165) is 18.2 Å². The number of ketones is 1. The van der Waals surface area contributed by atoms with Gasteiger partial charge >= 0.3 is 0 Å². The van der Waals surface area contributed by atoms with Gasteiger partial charge in [0, 0.05) is 11.8 Å². The summed E-state index contributed by atoms with van der Waals surface area (Å²) in [6.07, 6.45) is 7.21. The first-order valence-corrected chi connectivity index (χ1v) is 7.01. The topological polar surface area (TPSA) is 30.2 Å². The van der Waals surface area contributed by atoms with Gasteiger partial charge in [-0.1, -0.05) is 35.4 Å². The lowest BCUT2D eigenvalue weighted by molar-refractivity contribution is 0.0967. The fraction of sp³-hybridized carbons (Fsp3) is 0.312. The molecular formula is C16H15ClO2. The number of carbonyl (C=O) groups excluding carboxylic acids is 1. The van der Waals surface area contributed by atoms with Gasteiger partial charge in [0.2, 0.25) is 5.78 Å². The van der Waals surface area contributed by atoms with E-state index in [4.69, 9.17) is 16.0 Å². The number of Topliss-reactive ketones (excluding diaryl/α,β-unsaturated/α-hetero) is 1. The number of furan rings is 1. The Morgan fingerprint density at radius 1 is 1.32 bits per heavy atom. The summed E-state index contributed by atoms with van der Waals surface area (Å²) < 4.78 is 5.59. The molecule has 0 spiro atoms. The number of hydrogen-bond donors (Lipinski definition) is 0. The van der Waals surface area contributed by atoms with Crippen molar-refractivity contribution in [2.24, 2.45) is 0 Å². The summed E-state index contributed by atoms with van der Waals surface area (Å²) >= 11 is 6.05. The highest BCUT2D eigenvalue weighted by Crippen LogP contribution is 2.28. The Morgan fingerprint density at radius 3 is 2.95 bits per heavy atom. The third-order valence-electron chi connectivity index (χ3n) is 3.54. The zero-order chi connectivity index (χ0) is 13.2. The number of carbonyl (C=O) groups is 1. The van der Waals surface area contributed by atoms with Gasteiger partial charge in [0.05, 0.1) is 5.02 Å². The smallest absolute Gasteiger partial charge is 0.202 e. The molecule has 0 saturated heterocycles.